The number of ether oxygens (including phenoxy) is 1. The number of hydrogen-bond donors (Lipinski definition) is 2. The van der Waals surface area contributed by atoms with E-state index in [0.717, 1.165) is 16.7 Å². The average molecular weight is 397 g/mol. The average Bonchev–Trinajstić information content (AvgIpc) is 3.24. The van der Waals surface area contributed by atoms with Gasteiger partial charge in [-0.1, -0.05) is 57.2 Å². The Kier molecular flexibility index (Phi) is 6.03. The molecule has 2 aromatic carbocycles. The topological polar surface area (TPSA) is 107 Å². The Morgan fingerprint density at radius 2 is 1.79 bits per heavy atom. The highest BCUT2D eigenvalue weighted by molar-refractivity contribution is 5.85. The number of primary amides is 1. The lowest BCUT2D eigenvalue weighted by atomic mass is 9.75. The summed E-state index contributed by atoms with van der Waals surface area (Å²) in [6, 6.07) is 13.5. The van der Waals surface area contributed by atoms with Gasteiger partial charge in [0.25, 0.3) is 5.91 Å². The van der Waals surface area contributed by atoms with E-state index >= 15 is 0 Å². The monoisotopic (exact) mass is 397 g/mol. The number of carbonyl (C=O) groups excluding carboxylic acids is 1. The standard InChI is InChI=1S/C21H24FN5O2/c1-13(2)21(20(23)28,29-12-15-4-10-18(22)11-5-15)14(3)16-6-8-17(9-7-16)19-24-26-27-25-19/h4-11,13-14H,12H2,1-3H3,(H2,23,28)(H,24,25,26,27)/t14-,21?/m0/s1. The van der Waals surface area contributed by atoms with Crippen molar-refractivity contribution in [3.8, 4) is 11.4 Å². The Bertz CT molecular complexity index is 942. The normalized spacial score (nSPS) is 14.5. The number of aromatic amines is 1. The van der Waals surface area contributed by atoms with E-state index in [0.29, 0.717) is 5.82 Å². The van der Waals surface area contributed by atoms with E-state index in [1.54, 1.807) is 12.1 Å². The zero-order chi connectivity index (χ0) is 21.0. The molecule has 2 atom stereocenters. The molecule has 152 valence electrons. The lowest BCUT2D eigenvalue weighted by Gasteiger charge is -2.40. The van der Waals surface area contributed by atoms with Crippen LogP contribution in [-0.4, -0.2) is 32.1 Å². The van der Waals surface area contributed by atoms with Crippen LogP contribution in [0.25, 0.3) is 11.4 Å². The van der Waals surface area contributed by atoms with E-state index in [4.69, 9.17) is 10.5 Å². The maximum Gasteiger partial charge on any atom is 0.250 e. The number of nitrogens with one attached hydrogen (secondary N) is 1. The fraction of sp³-hybridized carbons (Fsp3) is 0.333. The van der Waals surface area contributed by atoms with Gasteiger partial charge < -0.3 is 10.5 Å². The maximum absolute atomic E-state index is 13.2. The molecule has 1 amide bonds. The van der Waals surface area contributed by atoms with E-state index in [1.807, 2.05) is 45.0 Å². The molecule has 29 heavy (non-hydrogen) atoms. The Morgan fingerprint density at radius 3 is 2.31 bits per heavy atom. The summed E-state index contributed by atoms with van der Waals surface area (Å²) in [5.41, 5.74) is 7.07. The number of nitrogens with two attached hydrogens (primary N) is 1. The third kappa shape index (κ3) is 4.17. The molecule has 8 heteroatoms. The number of H-pyrrole nitrogens is 1. The molecule has 3 rings (SSSR count). The highest BCUT2D eigenvalue weighted by Gasteiger charge is 2.47. The first-order chi connectivity index (χ1) is 13.8. The van der Waals surface area contributed by atoms with Crippen LogP contribution in [0.4, 0.5) is 4.39 Å². The number of carbonyl (C=O) groups is 1. The summed E-state index contributed by atoms with van der Waals surface area (Å²) in [6.07, 6.45) is 0. The number of amides is 1. The molecular formula is C21H24FN5O2. The molecule has 1 heterocycles. The SMILES string of the molecule is CC(C)C(OCc1ccc(F)cc1)(C(N)=O)[C@@H](C)c1ccc(-c2nn[nH]n2)cc1. The highest BCUT2D eigenvalue weighted by Crippen LogP contribution is 2.38. The zero-order valence-electron chi connectivity index (χ0n) is 16.6. The van der Waals surface area contributed by atoms with Crippen LogP contribution in [0.15, 0.2) is 48.5 Å². The molecule has 1 unspecified atom stereocenters. The molecule has 3 N–H and O–H groups in total. The van der Waals surface area contributed by atoms with E-state index < -0.39 is 11.5 Å². The van der Waals surface area contributed by atoms with Gasteiger partial charge in [0, 0.05) is 11.5 Å². The Labute approximate surface area is 168 Å². The summed E-state index contributed by atoms with van der Waals surface area (Å²) in [7, 11) is 0. The molecule has 0 spiro atoms. The Balaban J connectivity index is 1.88. The summed E-state index contributed by atoms with van der Waals surface area (Å²) in [6.45, 7) is 5.87. The largest absolute Gasteiger partial charge is 0.367 e. The van der Waals surface area contributed by atoms with Gasteiger partial charge in [-0.2, -0.15) is 5.21 Å². The lowest BCUT2D eigenvalue weighted by Crippen LogP contribution is -2.54. The van der Waals surface area contributed by atoms with Crippen molar-refractivity contribution in [1.82, 2.24) is 20.6 Å². The first-order valence-electron chi connectivity index (χ1n) is 9.36. The summed E-state index contributed by atoms with van der Waals surface area (Å²) >= 11 is 0. The van der Waals surface area contributed by atoms with Crippen molar-refractivity contribution in [2.45, 2.75) is 38.9 Å². The molecule has 0 bridgehead atoms. The van der Waals surface area contributed by atoms with Crippen LogP contribution < -0.4 is 5.73 Å². The predicted octanol–water partition coefficient (Wildman–Crippen LogP) is 3.21. The van der Waals surface area contributed by atoms with Crippen molar-refractivity contribution in [2.75, 3.05) is 0 Å². The number of benzene rings is 2. The van der Waals surface area contributed by atoms with Gasteiger partial charge in [0.2, 0.25) is 5.82 Å². The highest BCUT2D eigenvalue weighted by atomic mass is 19.1. The Morgan fingerprint density at radius 1 is 1.14 bits per heavy atom. The first-order valence-corrected chi connectivity index (χ1v) is 9.36. The third-order valence-electron chi connectivity index (χ3n) is 5.29. The number of tetrazole rings is 1. The van der Waals surface area contributed by atoms with Gasteiger partial charge in [0.1, 0.15) is 5.82 Å². The van der Waals surface area contributed by atoms with Crippen LogP contribution in [0.3, 0.4) is 0 Å². The van der Waals surface area contributed by atoms with E-state index in [-0.39, 0.29) is 24.3 Å². The zero-order valence-corrected chi connectivity index (χ0v) is 16.6. The molecule has 3 aromatic rings. The van der Waals surface area contributed by atoms with Gasteiger partial charge in [-0.05, 0) is 34.4 Å². The van der Waals surface area contributed by atoms with Crippen molar-refractivity contribution in [3.05, 3.63) is 65.5 Å². The van der Waals surface area contributed by atoms with Crippen molar-refractivity contribution >= 4 is 5.91 Å². The second kappa shape index (κ2) is 8.48. The van der Waals surface area contributed by atoms with E-state index in [1.165, 1.54) is 12.1 Å². The van der Waals surface area contributed by atoms with Crippen LogP contribution in [0.1, 0.15) is 37.8 Å². The van der Waals surface area contributed by atoms with Crippen LogP contribution in [0.5, 0.6) is 0 Å². The summed E-state index contributed by atoms with van der Waals surface area (Å²) in [5.74, 6) is -0.882. The predicted molar refractivity (Wildman–Crippen MR) is 106 cm³/mol. The van der Waals surface area contributed by atoms with Crippen LogP contribution in [0, 0.1) is 11.7 Å². The van der Waals surface area contributed by atoms with Crippen LogP contribution >= 0.6 is 0 Å². The maximum atomic E-state index is 13.2. The Hall–Kier alpha value is -3.13. The quantitative estimate of drug-likeness (QED) is 0.607. The summed E-state index contributed by atoms with van der Waals surface area (Å²) in [4.78, 5) is 12.6. The summed E-state index contributed by atoms with van der Waals surface area (Å²) in [5, 5.41) is 13.9. The number of halogens is 1. The first kappa shape index (κ1) is 20.6. The number of aromatic nitrogens is 4. The van der Waals surface area contributed by atoms with Gasteiger partial charge in [0.05, 0.1) is 6.61 Å². The summed E-state index contributed by atoms with van der Waals surface area (Å²) < 4.78 is 19.3. The molecular weight excluding hydrogens is 373 g/mol. The van der Waals surface area contributed by atoms with E-state index in [9.17, 15) is 9.18 Å². The molecule has 0 aliphatic rings. The van der Waals surface area contributed by atoms with Crippen LogP contribution in [-0.2, 0) is 16.1 Å². The molecule has 0 aliphatic heterocycles. The molecule has 0 radical (unpaired) electrons. The minimum Gasteiger partial charge on any atom is -0.367 e. The fourth-order valence-corrected chi connectivity index (χ4v) is 3.60. The smallest absolute Gasteiger partial charge is 0.250 e. The van der Waals surface area contributed by atoms with Gasteiger partial charge in [0.15, 0.2) is 5.60 Å². The van der Waals surface area contributed by atoms with Crippen molar-refractivity contribution in [1.29, 1.82) is 0 Å². The molecule has 7 nitrogen and oxygen atoms in total. The van der Waals surface area contributed by atoms with Gasteiger partial charge >= 0.3 is 0 Å². The van der Waals surface area contributed by atoms with Crippen molar-refractivity contribution in [3.63, 3.8) is 0 Å². The van der Waals surface area contributed by atoms with Crippen molar-refractivity contribution < 1.29 is 13.9 Å². The lowest BCUT2D eigenvalue weighted by molar-refractivity contribution is -0.157. The second-order valence-corrected chi connectivity index (χ2v) is 7.31. The fourth-order valence-electron chi connectivity index (χ4n) is 3.60. The molecule has 0 aliphatic carbocycles. The second-order valence-electron chi connectivity index (χ2n) is 7.31. The number of hydrogen-bond acceptors (Lipinski definition) is 5. The van der Waals surface area contributed by atoms with Gasteiger partial charge in [-0.25, -0.2) is 4.39 Å². The number of rotatable bonds is 8. The molecule has 0 saturated heterocycles. The van der Waals surface area contributed by atoms with Crippen molar-refractivity contribution in [2.24, 2.45) is 11.7 Å². The molecule has 0 saturated carbocycles. The van der Waals surface area contributed by atoms with Crippen LogP contribution in [0.2, 0.25) is 0 Å². The minimum absolute atomic E-state index is 0.146. The number of nitrogens with zero attached hydrogens (tertiary/aromatic N) is 3. The third-order valence-corrected chi connectivity index (χ3v) is 5.29. The molecule has 1 aromatic heterocycles. The van der Waals surface area contributed by atoms with E-state index in [2.05, 4.69) is 20.6 Å². The van der Waals surface area contributed by atoms with Gasteiger partial charge in [-0.15, -0.1) is 10.2 Å². The molecule has 0 fully saturated rings. The minimum atomic E-state index is -1.23. The van der Waals surface area contributed by atoms with Gasteiger partial charge in [-0.3, -0.25) is 4.79 Å².